The van der Waals surface area contributed by atoms with Crippen LogP contribution in [0.3, 0.4) is 0 Å². The standard InChI is InChI=1S/C60H54/c1-7-43-13-25-49(26-14-43)37-55-56(38-50-27-15-44(8-2)16-28-50)58(40-52-31-19-46(10-4)20-32-52)60(42-54-35-23-48(12-6)24-36-54)59(41-53-33-21-47(11-5)22-34-53)57(55)39-51-29-17-45(9-3)18-30-51/h7-36H,1-6,37-42H2. The van der Waals surface area contributed by atoms with Gasteiger partial charge in [0.1, 0.15) is 0 Å². The molecule has 0 nitrogen and oxygen atoms in total. The van der Waals surface area contributed by atoms with Gasteiger partial charge in [-0.15, -0.1) is 0 Å². The van der Waals surface area contributed by atoms with Crippen LogP contribution >= 0.6 is 0 Å². The Bertz CT molecular complexity index is 2110. The maximum absolute atomic E-state index is 4.04. The van der Waals surface area contributed by atoms with Crippen LogP contribution in [0.5, 0.6) is 0 Å². The Hall–Kier alpha value is -7.02. The van der Waals surface area contributed by atoms with E-state index in [0.717, 1.165) is 71.9 Å². The Kier molecular flexibility index (Phi) is 13.5. The predicted molar refractivity (Wildman–Crippen MR) is 262 cm³/mol. The van der Waals surface area contributed by atoms with Crippen LogP contribution in [0.4, 0.5) is 0 Å². The molecule has 0 amide bonds. The van der Waals surface area contributed by atoms with Crippen molar-refractivity contribution in [2.24, 2.45) is 0 Å². The van der Waals surface area contributed by atoms with E-state index < -0.39 is 0 Å². The van der Waals surface area contributed by atoms with Gasteiger partial charge in [-0.1, -0.05) is 222 Å². The van der Waals surface area contributed by atoms with Gasteiger partial charge in [0, 0.05) is 0 Å². The van der Waals surface area contributed by atoms with E-state index in [2.05, 4.69) is 185 Å². The first-order valence-electron chi connectivity index (χ1n) is 20.9. The third kappa shape index (κ3) is 9.98. The lowest BCUT2D eigenvalue weighted by molar-refractivity contribution is 0.924. The highest BCUT2D eigenvalue weighted by atomic mass is 14.3. The van der Waals surface area contributed by atoms with Gasteiger partial charge in [0.15, 0.2) is 0 Å². The van der Waals surface area contributed by atoms with Crippen LogP contribution in [0.1, 0.15) is 100 Å². The summed E-state index contributed by atoms with van der Waals surface area (Å²) >= 11 is 0. The molecule has 0 bridgehead atoms. The summed E-state index contributed by atoms with van der Waals surface area (Å²) in [6, 6.07) is 53.6. The molecule has 0 unspecified atom stereocenters. The van der Waals surface area contributed by atoms with Crippen LogP contribution in [0.15, 0.2) is 185 Å². The van der Waals surface area contributed by atoms with Crippen molar-refractivity contribution in [1.82, 2.24) is 0 Å². The zero-order valence-electron chi connectivity index (χ0n) is 34.8. The maximum Gasteiger partial charge on any atom is -0.00199 e. The quantitative estimate of drug-likeness (QED) is 0.0815. The molecule has 7 aromatic carbocycles. The van der Waals surface area contributed by atoms with E-state index in [0.29, 0.717) is 0 Å². The molecular weight excluding hydrogens is 721 g/mol. The fourth-order valence-electron chi connectivity index (χ4n) is 8.23. The molecule has 0 fully saturated rings. The van der Waals surface area contributed by atoms with Gasteiger partial charge < -0.3 is 0 Å². The smallest absolute Gasteiger partial charge is 0.00199 e. The van der Waals surface area contributed by atoms with Crippen molar-refractivity contribution >= 4 is 36.5 Å². The van der Waals surface area contributed by atoms with Gasteiger partial charge >= 0.3 is 0 Å². The minimum Gasteiger partial charge on any atom is -0.0985 e. The first-order chi connectivity index (χ1) is 29.4. The van der Waals surface area contributed by atoms with E-state index in [4.69, 9.17) is 0 Å². The first kappa shape index (κ1) is 41.2. The Morgan fingerprint density at radius 3 is 0.417 bits per heavy atom. The summed E-state index contributed by atoms with van der Waals surface area (Å²) < 4.78 is 0. The lowest BCUT2D eigenvalue weighted by atomic mass is 9.75. The van der Waals surface area contributed by atoms with E-state index in [1.807, 2.05) is 36.5 Å². The third-order valence-electron chi connectivity index (χ3n) is 11.8. The summed E-state index contributed by atoms with van der Waals surface area (Å²) in [5.74, 6) is 0. The highest BCUT2D eigenvalue weighted by molar-refractivity contribution is 5.62. The minimum atomic E-state index is 0.802. The number of rotatable bonds is 18. The van der Waals surface area contributed by atoms with Gasteiger partial charge in [-0.05, 0) is 139 Å². The van der Waals surface area contributed by atoms with E-state index in [1.54, 1.807) is 0 Å². The van der Waals surface area contributed by atoms with Crippen LogP contribution in [0, 0.1) is 0 Å². The largest absolute Gasteiger partial charge is 0.0985 e. The fraction of sp³-hybridized carbons (Fsp3) is 0.100. The van der Waals surface area contributed by atoms with Crippen molar-refractivity contribution in [2.75, 3.05) is 0 Å². The lowest BCUT2D eigenvalue weighted by Crippen LogP contribution is -2.17. The maximum atomic E-state index is 4.04. The normalized spacial score (nSPS) is 10.8. The van der Waals surface area contributed by atoms with Crippen molar-refractivity contribution in [1.29, 1.82) is 0 Å². The first-order valence-corrected chi connectivity index (χ1v) is 20.9. The zero-order valence-corrected chi connectivity index (χ0v) is 34.8. The number of hydrogen-bond acceptors (Lipinski definition) is 0. The zero-order chi connectivity index (χ0) is 41.8. The summed E-state index contributed by atoms with van der Waals surface area (Å²) in [6.45, 7) is 24.2. The molecule has 294 valence electrons. The molecule has 0 aromatic heterocycles. The molecule has 0 atom stereocenters. The summed E-state index contributed by atoms with van der Waals surface area (Å²) in [4.78, 5) is 0. The van der Waals surface area contributed by atoms with Crippen molar-refractivity contribution in [3.05, 3.63) is 285 Å². The van der Waals surface area contributed by atoms with Crippen molar-refractivity contribution in [3.63, 3.8) is 0 Å². The second kappa shape index (κ2) is 19.6. The Morgan fingerprint density at radius 1 is 0.200 bits per heavy atom. The topological polar surface area (TPSA) is 0 Å². The Morgan fingerprint density at radius 2 is 0.317 bits per heavy atom. The molecule has 7 aromatic rings. The van der Waals surface area contributed by atoms with Gasteiger partial charge in [-0.25, -0.2) is 0 Å². The van der Waals surface area contributed by atoms with Crippen LogP contribution in [-0.4, -0.2) is 0 Å². The Balaban J connectivity index is 1.58. The van der Waals surface area contributed by atoms with Crippen LogP contribution < -0.4 is 0 Å². The number of hydrogen-bond donors (Lipinski definition) is 0. The molecule has 0 heterocycles. The van der Waals surface area contributed by atoms with Crippen LogP contribution in [0.25, 0.3) is 36.5 Å². The van der Waals surface area contributed by atoms with Crippen molar-refractivity contribution in [3.8, 4) is 0 Å². The lowest BCUT2D eigenvalue weighted by Gasteiger charge is -2.29. The fourth-order valence-corrected chi connectivity index (χ4v) is 8.23. The molecule has 0 aliphatic rings. The highest BCUT2D eigenvalue weighted by Crippen LogP contribution is 2.38. The second-order valence-electron chi connectivity index (χ2n) is 15.6. The summed E-state index contributed by atoms with van der Waals surface area (Å²) in [7, 11) is 0. The van der Waals surface area contributed by atoms with Gasteiger partial charge in [-0.3, -0.25) is 0 Å². The molecule has 7 rings (SSSR count). The third-order valence-corrected chi connectivity index (χ3v) is 11.8. The molecule has 0 aliphatic heterocycles. The molecule has 0 saturated carbocycles. The van der Waals surface area contributed by atoms with Crippen molar-refractivity contribution in [2.45, 2.75) is 38.5 Å². The predicted octanol–water partition coefficient (Wildman–Crippen LogP) is 15.1. The molecule has 0 saturated heterocycles. The average Bonchev–Trinajstić information content (AvgIpc) is 3.31. The molecule has 0 radical (unpaired) electrons. The molecule has 0 aliphatic carbocycles. The summed E-state index contributed by atoms with van der Waals surface area (Å²) in [6.07, 6.45) is 16.3. The summed E-state index contributed by atoms with van der Waals surface area (Å²) in [5.41, 5.74) is 22.8. The number of benzene rings is 7. The van der Waals surface area contributed by atoms with E-state index in [1.165, 1.54) is 66.8 Å². The van der Waals surface area contributed by atoms with Crippen molar-refractivity contribution < 1.29 is 0 Å². The van der Waals surface area contributed by atoms with Gasteiger partial charge in [0.2, 0.25) is 0 Å². The average molecular weight is 775 g/mol. The highest BCUT2D eigenvalue weighted by Gasteiger charge is 2.25. The SMILES string of the molecule is C=Cc1ccc(Cc2c(Cc3ccc(C=C)cc3)c(Cc3ccc(C=C)cc3)c(Cc3ccc(C=C)cc3)c(Cc3ccc(C=C)cc3)c2Cc2ccc(C=C)cc2)cc1. The van der Waals surface area contributed by atoms with E-state index >= 15 is 0 Å². The molecular formula is C60H54. The minimum absolute atomic E-state index is 0.802. The van der Waals surface area contributed by atoms with Gasteiger partial charge in [0.05, 0.1) is 0 Å². The monoisotopic (exact) mass is 774 g/mol. The van der Waals surface area contributed by atoms with E-state index in [9.17, 15) is 0 Å². The Labute approximate surface area is 358 Å². The van der Waals surface area contributed by atoms with Gasteiger partial charge in [0.25, 0.3) is 0 Å². The van der Waals surface area contributed by atoms with E-state index in [-0.39, 0.29) is 0 Å². The molecule has 60 heavy (non-hydrogen) atoms. The second-order valence-corrected chi connectivity index (χ2v) is 15.6. The molecule has 0 spiro atoms. The van der Waals surface area contributed by atoms with Crippen LogP contribution in [-0.2, 0) is 38.5 Å². The van der Waals surface area contributed by atoms with Crippen LogP contribution in [0.2, 0.25) is 0 Å². The molecule has 0 heteroatoms. The summed E-state index contributed by atoms with van der Waals surface area (Å²) in [5, 5.41) is 0. The van der Waals surface area contributed by atoms with Gasteiger partial charge in [-0.2, -0.15) is 0 Å². The molecule has 0 N–H and O–H groups in total.